The van der Waals surface area contributed by atoms with E-state index in [4.69, 9.17) is 37.7 Å². The van der Waals surface area contributed by atoms with Crippen LogP contribution in [0.5, 0.6) is 11.5 Å². The maximum absolute atomic E-state index is 14.7. The minimum absolute atomic E-state index is 0.0712. The largest absolute Gasteiger partial charge is 0.494 e. The van der Waals surface area contributed by atoms with Crippen LogP contribution in [-0.2, 0) is 0 Å². The lowest BCUT2D eigenvalue weighted by atomic mass is 9.93. The van der Waals surface area contributed by atoms with Gasteiger partial charge in [0.1, 0.15) is 23.4 Å². The van der Waals surface area contributed by atoms with Crippen LogP contribution in [0.1, 0.15) is 42.6 Å². The number of carbonyl (C=O) groups excluding carboxylic acids is 2. The number of urea groups is 2. The molecule has 2 aliphatic rings. The lowest BCUT2D eigenvalue weighted by Crippen LogP contribution is -2.56. The van der Waals surface area contributed by atoms with Gasteiger partial charge in [-0.3, -0.25) is 9.89 Å². The summed E-state index contributed by atoms with van der Waals surface area (Å²) in [5, 5.41) is 1.21. The van der Waals surface area contributed by atoms with Crippen LogP contribution in [0.15, 0.2) is 71.7 Å². The van der Waals surface area contributed by atoms with E-state index in [-0.39, 0.29) is 12.1 Å². The van der Waals surface area contributed by atoms with Crippen molar-refractivity contribution < 1.29 is 19.1 Å². The number of amidine groups is 1. The molecule has 0 saturated carbocycles. The predicted octanol–water partition coefficient (Wildman–Crippen LogP) is 6.75. The Bertz CT molecular complexity index is 1510. The van der Waals surface area contributed by atoms with E-state index in [1.807, 2.05) is 80.6 Å². The summed E-state index contributed by atoms with van der Waals surface area (Å²) in [7, 11) is 3.46. The first kappa shape index (κ1) is 31.5. The van der Waals surface area contributed by atoms with Gasteiger partial charge in [0, 0.05) is 56.4 Å². The van der Waals surface area contributed by atoms with E-state index in [2.05, 4.69) is 0 Å². The standard InChI is InChI=1S/C33H37Cl2N5O4/c1-5-43-26-15-16-27(28(21-26)44-6-2)31-36-29(22-7-11-24(34)12-8-22)30(23-9-13-25(35)14-10-23)40(31)33(42)39-19-17-38(18-20-39)32(41)37(3)4/h7-16,21,29-30H,5-6,17-20H2,1-4H3. The molecule has 232 valence electrons. The normalized spacial score (nSPS) is 18.2. The van der Waals surface area contributed by atoms with Gasteiger partial charge in [-0.1, -0.05) is 47.5 Å². The molecule has 2 atom stereocenters. The van der Waals surface area contributed by atoms with Crippen LogP contribution in [0, 0.1) is 0 Å². The monoisotopic (exact) mass is 637 g/mol. The molecule has 0 N–H and O–H groups in total. The summed E-state index contributed by atoms with van der Waals surface area (Å²) >= 11 is 12.6. The molecule has 2 heterocycles. The molecule has 11 heteroatoms. The summed E-state index contributed by atoms with van der Waals surface area (Å²) in [4.78, 5) is 39.4. The molecule has 0 spiro atoms. The van der Waals surface area contributed by atoms with Crippen LogP contribution in [0.4, 0.5) is 9.59 Å². The number of hydrogen-bond acceptors (Lipinski definition) is 5. The van der Waals surface area contributed by atoms with Gasteiger partial charge in [0.2, 0.25) is 0 Å². The Balaban J connectivity index is 1.62. The molecule has 4 amide bonds. The van der Waals surface area contributed by atoms with Gasteiger partial charge in [0.05, 0.1) is 24.8 Å². The van der Waals surface area contributed by atoms with E-state index in [1.165, 1.54) is 0 Å². The molecule has 44 heavy (non-hydrogen) atoms. The molecule has 2 unspecified atom stereocenters. The van der Waals surface area contributed by atoms with E-state index in [9.17, 15) is 9.59 Å². The Morgan fingerprint density at radius 3 is 1.95 bits per heavy atom. The van der Waals surface area contributed by atoms with E-state index < -0.39 is 12.1 Å². The number of rotatable bonds is 7. The number of ether oxygens (including phenoxy) is 2. The summed E-state index contributed by atoms with van der Waals surface area (Å²) in [6, 6.07) is 19.5. The molecule has 3 aromatic carbocycles. The maximum atomic E-state index is 14.7. The highest BCUT2D eigenvalue weighted by atomic mass is 35.5. The van der Waals surface area contributed by atoms with Gasteiger partial charge in [0.25, 0.3) is 0 Å². The minimum atomic E-state index is -0.488. The predicted molar refractivity (Wildman–Crippen MR) is 173 cm³/mol. The van der Waals surface area contributed by atoms with Crippen molar-refractivity contribution in [1.82, 2.24) is 19.6 Å². The Morgan fingerprint density at radius 1 is 0.818 bits per heavy atom. The van der Waals surface area contributed by atoms with Crippen LogP contribution >= 0.6 is 23.2 Å². The molecule has 1 saturated heterocycles. The van der Waals surface area contributed by atoms with Crippen LogP contribution in [-0.4, -0.2) is 91.0 Å². The molecule has 9 nitrogen and oxygen atoms in total. The van der Waals surface area contributed by atoms with E-state index in [0.29, 0.717) is 72.3 Å². The zero-order valence-electron chi connectivity index (χ0n) is 25.4. The lowest BCUT2D eigenvalue weighted by molar-refractivity contribution is 0.116. The first-order valence-corrected chi connectivity index (χ1v) is 15.5. The number of amides is 4. The fourth-order valence-corrected chi connectivity index (χ4v) is 5.85. The Morgan fingerprint density at radius 2 is 1.39 bits per heavy atom. The molecule has 0 aliphatic carbocycles. The fraction of sp³-hybridized carbons (Fsp3) is 0.364. The number of carbonyl (C=O) groups is 2. The number of benzene rings is 3. The lowest BCUT2D eigenvalue weighted by Gasteiger charge is -2.39. The fourth-order valence-electron chi connectivity index (χ4n) is 5.60. The average molecular weight is 639 g/mol. The molecule has 3 aromatic rings. The third-order valence-electron chi connectivity index (χ3n) is 7.70. The zero-order valence-corrected chi connectivity index (χ0v) is 26.9. The van der Waals surface area contributed by atoms with Crippen LogP contribution in [0.25, 0.3) is 0 Å². The summed E-state index contributed by atoms with van der Waals surface area (Å²) in [5.41, 5.74) is 2.47. The molecule has 1 fully saturated rings. The van der Waals surface area contributed by atoms with Crippen molar-refractivity contribution in [2.24, 2.45) is 4.99 Å². The van der Waals surface area contributed by atoms with Crippen molar-refractivity contribution >= 4 is 41.1 Å². The third kappa shape index (κ3) is 6.59. The van der Waals surface area contributed by atoms with Crippen LogP contribution < -0.4 is 9.47 Å². The summed E-state index contributed by atoms with van der Waals surface area (Å²) in [6.45, 7) is 6.42. The van der Waals surface area contributed by atoms with Crippen molar-refractivity contribution in [3.8, 4) is 11.5 Å². The zero-order chi connectivity index (χ0) is 31.4. The van der Waals surface area contributed by atoms with Crippen molar-refractivity contribution in [3.63, 3.8) is 0 Å². The smallest absolute Gasteiger partial charge is 0.326 e. The second-order valence-electron chi connectivity index (χ2n) is 10.8. The maximum Gasteiger partial charge on any atom is 0.326 e. The molecule has 5 rings (SSSR count). The van der Waals surface area contributed by atoms with E-state index in [0.717, 1.165) is 11.1 Å². The first-order chi connectivity index (χ1) is 21.2. The van der Waals surface area contributed by atoms with Gasteiger partial charge in [-0.05, 0) is 61.4 Å². The Kier molecular flexibility index (Phi) is 9.86. The summed E-state index contributed by atoms with van der Waals surface area (Å²) in [6.07, 6.45) is 0. The SMILES string of the molecule is CCOc1ccc(C2=NC(c3ccc(Cl)cc3)C(c3ccc(Cl)cc3)N2C(=O)N2CCN(C(=O)N(C)C)CC2)c(OCC)c1. The van der Waals surface area contributed by atoms with Crippen LogP contribution in [0.2, 0.25) is 10.0 Å². The van der Waals surface area contributed by atoms with E-state index in [1.54, 1.807) is 33.7 Å². The second kappa shape index (κ2) is 13.8. The van der Waals surface area contributed by atoms with Gasteiger partial charge >= 0.3 is 12.1 Å². The molecule has 0 aromatic heterocycles. The summed E-state index contributed by atoms with van der Waals surface area (Å²) in [5.74, 6) is 1.73. The number of piperazine rings is 1. The van der Waals surface area contributed by atoms with Crippen molar-refractivity contribution in [1.29, 1.82) is 0 Å². The van der Waals surface area contributed by atoms with Gasteiger partial charge in [-0.25, -0.2) is 9.59 Å². The number of hydrogen-bond donors (Lipinski definition) is 0. The molecule has 2 aliphatic heterocycles. The minimum Gasteiger partial charge on any atom is -0.494 e. The topological polar surface area (TPSA) is 77.9 Å². The quantitative estimate of drug-likeness (QED) is 0.287. The van der Waals surface area contributed by atoms with E-state index >= 15 is 0 Å². The Labute approximate surface area is 268 Å². The first-order valence-electron chi connectivity index (χ1n) is 14.7. The van der Waals surface area contributed by atoms with Gasteiger partial charge in [-0.2, -0.15) is 0 Å². The van der Waals surface area contributed by atoms with Gasteiger partial charge in [-0.15, -0.1) is 0 Å². The highest BCUT2D eigenvalue weighted by molar-refractivity contribution is 6.30. The molecule has 0 radical (unpaired) electrons. The van der Waals surface area contributed by atoms with Gasteiger partial charge < -0.3 is 24.2 Å². The third-order valence-corrected chi connectivity index (χ3v) is 8.21. The molecule has 0 bridgehead atoms. The number of aliphatic imine (C=N–C) groups is 1. The van der Waals surface area contributed by atoms with Crippen molar-refractivity contribution in [2.75, 3.05) is 53.5 Å². The number of halogens is 2. The van der Waals surface area contributed by atoms with Gasteiger partial charge in [0.15, 0.2) is 0 Å². The second-order valence-corrected chi connectivity index (χ2v) is 11.6. The van der Waals surface area contributed by atoms with Crippen molar-refractivity contribution in [2.45, 2.75) is 25.9 Å². The highest BCUT2D eigenvalue weighted by Gasteiger charge is 2.45. The van der Waals surface area contributed by atoms with Crippen LogP contribution in [0.3, 0.4) is 0 Å². The molecular formula is C33H37Cl2N5O4. The Hall–Kier alpha value is -3.95. The summed E-state index contributed by atoms with van der Waals surface area (Å²) < 4.78 is 11.9. The average Bonchev–Trinajstić information content (AvgIpc) is 3.42. The molecular weight excluding hydrogens is 601 g/mol. The number of nitrogens with zero attached hydrogens (tertiary/aromatic N) is 5. The highest BCUT2D eigenvalue weighted by Crippen LogP contribution is 2.45. The van der Waals surface area contributed by atoms with Crippen molar-refractivity contribution in [3.05, 3.63) is 93.5 Å².